The summed E-state index contributed by atoms with van der Waals surface area (Å²) in [6, 6.07) is 51.5. The smallest absolute Gasteiger partial charge is 0.318 e. The summed E-state index contributed by atoms with van der Waals surface area (Å²) in [6.45, 7) is 4.40. The number of alkyl halides is 6. The molecule has 12 heteroatoms. The summed E-state index contributed by atoms with van der Waals surface area (Å²) in [7, 11) is 0. The van der Waals surface area contributed by atoms with E-state index in [0.717, 1.165) is 57.4 Å². The van der Waals surface area contributed by atoms with Crippen molar-refractivity contribution < 1.29 is 26.3 Å². The zero-order valence-corrected chi connectivity index (χ0v) is 38.3. The second-order valence-corrected chi connectivity index (χ2v) is 18.8. The number of para-hydroxylation sites is 4. The summed E-state index contributed by atoms with van der Waals surface area (Å²) in [5.74, 6) is 1.17. The van der Waals surface area contributed by atoms with Crippen LogP contribution in [0.2, 0.25) is 0 Å². The number of benzene rings is 7. The van der Waals surface area contributed by atoms with Crippen molar-refractivity contribution in [3.63, 3.8) is 0 Å². The lowest BCUT2D eigenvalue weighted by Crippen LogP contribution is -2.66. The maximum atomic E-state index is 14.9. The minimum Gasteiger partial charge on any atom is -0.318 e. The molecule has 1 aromatic heterocycles. The van der Waals surface area contributed by atoms with E-state index < -0.39 is 46.6 Å². The molecule has 3 unspecified atom stereocenters. The highest BCUT2D eigenvalue weighted by molar-refractivity contribution is 5.94. The van der Waals surface area contributed by atoms with Crippen molar-refractivity contribution in [3.05, 3.63) is 205 Å². The summed E-state index contributed by atoms with van der Waals surface area (Å²) < 4.78 is 89.0. The van der Waals surface area contributed by atoms with Crippen molar-refractivity contribution >= 4 is 45.8 Å². The van der Waals surface area contributed by atoms with Crippen LogP contribution in [0.15, 0.2) is 182 Å². The Morgan fingerprint density at radius 2 is 0.957 bits per heavy atom. The van der Waals surface area contributed by atoms with Gasteiger partial charge in [0.2, 0.25) is 0 Å². The van der Waals surface area contributed by atoms with E-state index in [0.29, 0.717) is 48.4 Å². The first-order valence-corrected chi connectivity index (χ1v) is 23.6. The van der Waals surface area contributed by atoms with Crippen molar-refractivity contribution in [3.8, 4) is 22.3 Å². The van der Waals surface area contributed by atoms with E-state index in [9.17, 15) is 26.3 Å². The fourth-order valence-corrected chi connectivity index (χ4v) is 12.5. The van der Waals surface area contributed by atoms with Gasteiger partial charge < -0.3 is 19.6 Å². The molecule has 0 amide bonds. The minimum absolute atomic E-state index is 0.0764. The Morgan fingerprint density at radius 1 is 0.486 bits per heavy atom. The number of rotatable bonds is 6. The predicted molar refractivity (Wildman–Crippen MR) is 264 cm³/mol. The Bertz CT molecular complexity index is 3300. The minimum atomic E-state index is -4.60. The Labute approximate surface area is 402 Å². The second kappa shape index (κ2) is 16.0. The fourth-order valence-electron chi connectivity index (χ4n) is 12.5. The Morgan fingerprint density at radius 3 is 1.53 bits per heavy atom. The summed E-state index contributed by atoms with van der Waals surface area (Å²) in [6.07, 6.45) is -4.55. The molecule has 12 rings (SSSR count). The highest BCUT2D eigenvalue weighted by Crippen LogP contribution is 2.67. The van der Waals surface area contributed by atoms with Crippen LogP contribution in [-0.4, -0.2) is 22.3 Å². The fraction of sp³-hybridized carbons (Fsp3) is 0.207. The first-order chi connectivity index (χ1) is 33.9. The molecule has 0 fully saturated rings. The first-order valence-electron chi connectivity index (χ1n) is 23.6. The van der Waals surface area contributed by atoms with Gasteiger partial charge in [0.1, 0.15) is 12.3 Å². The topological polar surface area (TPSA) is 38.7 Å². The molecule has 6 nitrogen and oxygen atoms in total. The molecule has 0 N–H and O–H groups in total. The van der Waals surface area contributed by atoms with Crippen LogP contribution in [0.4, 0.5) is 72.1 Å². The Kier molecular flexibility index (Phi) is 9.97. The summed E-state index contributed by atoms with van der Waals surface area (Å²) in [4.78, 5) is 19.5. The second-order valence-electron chi connectivity index (χ2n) is 18.8. The van der Waals surface area contributed by atoms with Crippen molar-refractivity contribution in [1.82, 2.24) is 9.97 Å². The lowest BCUT2D eigenvalue weighted by atomic mass is 9.59. The average molecular weight is 941 g/mol. The van der Waals surface area contributed by atoms with Crippen molar-refractivity contribution in [2.45, 2.75) is 69.6 Å². The number of nitrogens with zero attached hydrogens (tertiary/aromatic N) is 6. The molecule has 5 heterocycles. The molecule has 0 saturated carbocycles. The molecule has 3 atom stereocenters. The van der Waals surface area contributed by atoms with Gasteiger partial charge in [-0.1, -0.05) is 123 Å². The van der Waals surface area contributed by atoms with Crippen LogP contribution in [0.3, 0.4) is 0 Å². The third-order valence-electron chi connectivity index (χ3n) is 15.4. The van der Waals surface area contributed by atoms with Gasteiger partial charge in [0.25, 0.3) is 0 Å². The molecule has 0 saturated heterocycles. The van der Waals surface area contributed by atoms with Crippen LogP contribution >= 0.6 is 0 Å². The summed E-state index contributed by atoms with van der Waals surface area (Å²) >= 11 is 0. The molecule has 0 radical (unpaired) electrons. The zero-order valence-electron chi connectivity index (χ0n) is 38.3. The van der Waals surface area contributed by atoms with Crippen molar-refractivity contribution in [2.24, 2.45) is 5.41 Å². The van der Waals surface area contributed by atoms with Crippen LogP contribution in [0.5, 0.6) is 0 Å². The molecule has 4 aliphatic heterocycles. The van der Waals surface area contributed by atoms with Gasteiger partial charge in [0.05, 0.1) is 27.9 Å². The van der Waals surface area contributed by atoms with Crippen LogP contribution in [0.25, 0.3) is 22.3 Å². The van der Waals surface area contributed by atoms with Gasteiger partial charge in [0, 0.05) is 35.1 Å². The van der Waals surface area contributed by atoms with Crippen molar-refractivity contribution in [1.29, 1.82) is 0 Å². The standard InChI is InChI=1S/C58H46F6N6/c1-3-55(4-2)36-56(54-68(41-19-9-6-10-20-41)51-52(66-32-31-65-51)70(54)50-34-38(29-30-46(50)55)43-22-12-14-24-45(43)58(62,63)64)35-39-28-27-37(42-21-11-13-23-44(42)57(59,60)61)33-49(39)69-48-26-16-15-25-47(48)67(53(56)69)40-17-7-5-8-18-40/h5-34,53-54H,3-4,35-36H2,1-2H3. The molecule has 4 aliphatic rings. The maximum Gasteiger partial charge on any atom is 0.417 e. The third-order valence-corrected chi connectivity index (χ3v) is 15.4. The molecule has 350 valence electrons. The molecule has 70 heavy (non-hydrogen) atoms. The average Bonchev–Trinajstić information content (AvgIpc) is 3.90. The quantitative estimate of drug-likeness (QED) is 0.155. The SMILES string of the molecule is CCC1(CC)CC2(Cc3ccc(-c4ccccc4C(F)(F)F)cc3N3c4ccccc4N(c4ccccc4)C32)C2N(c3ccccc3)c3nccnc3N2c2cc(-c3ccccc3C(F)(F)F)ccc21. The molecule has 8 aromatic rings. The van der Waals surface area contributed by atoms with E-state index in [-0.39, 0.29) is 11.1 Å². The van der Waals surface area contributed by atoms with Gasteiger partial charge in [0.15, 0.2) is 11.6 Å². The van der Waals surface area contributed by atoms with Gasteiger partial charge in [-0.2, -0.15) is 26.3 Å². The van der Waals surface area contributed by atoms with E-state index in [1.54, 1.807) is 24.5 Å². The monoisotopic (exact) mass is 940 g/mol. The van der Waals surface area contributed by atoms with E-state index in [4.69, 9.17) is 9.97 Å². The maximum absolute atomic E-state index is 14.9. The lowest BCUT2D eigenvalue weighted by Gasteiger charge is -2.57. The van der Waals surface area contributed by atoms with Gasteiger partial charge in [-0.25, -0.2) is 9.97 Å². The summed E-state index contributed by atoms with van der Waals surface area (Å²) in [5, 5.41) is 0. The number of halogens is 6. The third kappa shape index (κ3) is 6.48. The zero-order chi connectivity index (χ0) is 48.2. The number of hydrogen-bond acceptors (Lipinski definition) is 6. The number of hydrogen-bond donors (Lipinski definition) is 0. The van der Waals surface area contributed by atoms with Crippen LogP contribution in [0, 0.1) is 5.41 Å². The van der Waals surface area contributed by atoms with Gasteiger partial charge >= 0.3 is 12.4 Å². The normalized spacial score (nSPS) is 19.8. The molecule has 7 aromatic carbocycles. The highest BCUT2D eigenvalue weighted by Gasteiger charge is 2.66. The number of anilines is 8. The summed E-state index contributed by atoms with van der Waals surface area (Å²) in [5.41, 5.74) is 5.30. The van der Waals surface area contributed by atoms with E-state index >= 15 is 0 Å². The first kappa shape index (κ1) is 43.7. The number of aromatic nitrogens is 2. The molecule has 0 bridgehead atoms. The molecule has 1 spiro atoms. The number of fused-ring (bicyclic) bond motifs is 12. The highest BCUT2D eigenvalue weighted by atomic mass is 19.4. The largest absolute Gasteiger partial charge is 0.417 e. The van der Waals surface area contributed by atoms with Crippen molar-refractivity contribution in [2.75, 3.05) is 19.6 Å². The Balaban J connectivity index is 1.20. The molecular formula is C58H46F6N6. The Hall–Kier alpha value is -7.60. The van der Waals surface area contributed by atoms with E-state index in [1.807, 2.05) is 84.9 Å². The van der Waals surface area contributed by atoms with Gasteiger partial charge in [-0.05, 0) is 125 Å². The van der Waals surface area contributed by atoms with Crippen LogP contribution < -0.4 is 19.6 Å². The molecular weight excluding hydrogens is 895 g/mol. The van der Waals surface area contributed by atoms with Gasteiger partial charge in [-0.3, -0.25) is 0 Å². The van der Waals surface area contributed by atoms with Crippen LogP contribution in [0.1, 0.15) is 55.4 Å². The van der Waals surface area contributed by atoms with E-state index in [1.165, 1.54) is 24.3 Å². The van der Waals surface area contributed by atoms with Gasteiger partial charge in [-0.15, -0.1) is 0 Å². The lowest BCUT2D eigenvalue weighted by molar-refractivity contribution is -0.137. The van der Waals surface area contributed by atoms with E-state index in [2.05, 4.69) is 69.8 Å². The molecule has 0 aliphatic carbocycles. The predicted octanol–water partition coefficient (Wildman–Crippen LogP) is 15.8. The van der Waals surface area contributed by atoms with Crippen LogP contribution in [-0.2, 0) is 24.2 Å².